The molecular weight excluding hydrogens is 250 g/mol. The van der Waals surface area contributed by atoms with E-state index in [-0.39, 0.29) is 5.78 Å². The van der Waals surface area contributed by atoms with Gasteiger partial charge in [-0.1, -0.05) is 32.0 Å². The van der Waals surface area contributed by atoms with E-state index in [0.29, 0.717) is 25.0 Å². The molecule has 2 aromatic rings. The van der Waals surface area contributed by atoms with E-state index in [0.717, 1.165) is 10.9 Å². The van der Waals surface area contributed by atoms with Gasteiger partial charge in [-0.3, -0.25) is 9.78 Å². The molecule has 2 rings (SSSR count). The largest absolute Gasteiger partial charge is 0.367 e. The summed E-state index contributed by atoms with van der Waals surface area (Å²) >= 11 is 0. The summed E-state index contributed by atoms with van der Waals surface area (Å²) in [5, 5.41) is 0.982. The third-order valence-electron chi connectivity index (χ3n) is 3.83. The van der Waals surface area contributed by atoms with Gasteiger partial charge in [-0.2, -0.15) is 0 Å². The fourth-order valence-electron chi connectivity index (χ4n) is 2.58. The van der Waals surface area contributed by atoms with E-state index >= 15 is 0 Å². The maximum atomic E-state index is 12.8. The summed E-state index contributed by atoms with van der Waals surface area (Å²) in [6, 6.07) is 9.72. The lowest BCUT2D eigenvalue weighted by Gasteiger charge is -2.29. The van der Waals surface area contributed by atoms with Crippen molar-refractivity contribution in [1.29, 1.82) is 0 Å². The number of para-hydroxylation sites is 1. The van der Waals surface area contributed by atoms with Crippen LogP contribution in [0.3, 0.4) is 0 Å². The highest BCUT2D eigenvalue weighted by atomic mass is 16.5. The van der Waals surface area contributed by atoms with Gasteiger partial charge in [0.05, 0.1) is 5.52 Å². The monoisotopic (exact) mass is 271 g/mol. The Labute approximate surface area is 120 Å². The van der Waals surface area contributed by atoms with Crippen molar-refractivity contribution >= 4 is 16.7 Å². The van der Waals surface area contributed by atoms with Crippen LogP contribution in [-0.2, 0) is 4.74 Å². The Morgan fingerprint density at radius 2 is 1.90 bits per heavy atom. The van der Waals surface area contributed by atoms with Crippen LogP contribution in [0, 0.1) is 0 Å². The minimum Gasteiger partial charge on any atom is -0.367 e. The van der Waals surface area contributed by atoms with Crippen LogP contribution in [-0.4, -0.2) is 23.0 Å². The number of aromatic nitrogens is 1. The number of carbonyl (C=O) groups excluding carboxylic acids is 1. The topological polar surface area (TPSA) is 39.2 Å². The molecule has 0 aliphatic heterocycles. The molecule has 106 valence electrons. The quantitative estimate of drug-likeness (QED) is 0.745. The van der Waals surface area contributed by atoms with E-state index in [1.165, 1.54) is 0 Å². The summed E-state index contributed by atoms with van der Waals surface area (Å²) in [6.07, 6.45) is 3.00. The summed E-state index contributed by atoms with van der Waals surface area (Å²) in [5.74, 6) is 0.0302. The molecule has 0 unspecified atom stereocenters. The lowest BCUT2D eigenvalue weighted by atomic mass is 9.88. The zero-order valence-corrected chi connectivity index (χ0v) is 12.3. The Morgan fingerprint density at radius 3 is 2.55 bits per heavy atom. The van der Waals surface area contributed by atoms with Crippen molar-refractivity contribution in [1.82, 2.24) is 4.98 Å². The van der Waals surface area contributed by atoms with Crippen LogP contribution in [0.1, 0.15) is 44.0 Å². The molecule has 0 aliphatic rings. The highest BCUT2D eigenvalue weighted by Gasteiger charge is 2.36. The molecule has 1 heterocycles. The molecule has 0 atom stereocenters. The molecule has 0 bridgehead atoms. The van der Waals surface area contributed by atoms with Crippen LogP contribution in [0.15, 0.2) is 36.5 Å². The van der Waals surface area contributed by atoms with E-state index in [1.54, 1.807) is 6.20 Å². The van der Waals surface area contributed by atoms with E-state index in [4.69, 9.17) is 4.74 Å². The van der Waals surface area contributed by atoms with Gasteiger partial charge >= 0.3 is 0 Å². The highest BCUT2D eigenvalue weighted by molar-refractivity contribution is 6.04. The standard InChI is InChI=1S/C17H21NO2/c1-4-17(5-2,20-6-3)16(19)14-11-13-9-7-8-10-15(13)18-12-14/h7-12H,4-6H2,1-3H3. The molecule has 20 heavy (non-hydrogen) atoms. The predicted octanol–water partition coefficient (Wildman–Crippen LogP) is 4.01. The van der Waals surface area contributed by atoms with Crippen LogP contribution >= 0.6 is 0 Å². The van der Waals surface area contributed by atoms with Crippen LogP contribution in [0.5, 0.6) is 0 Å². The number of pyridine rings is 1. The molecule has 0 radical (unpaired) electrons. The Kier molecular flexibility index (Phi) is 4.50. The van der Waals surface area contributed by atoms with Crippen LogP contribution < -0.4 is 0 Å². The molecule has 0 amide bonds. The lowest BCUT2D eigenvalue weighted by molar-refractivity contribution is -0.0250. The van der Waals surface area contributed by atoms with Gasteiger partial charge in [0.15, 0.2) is 5.78 Å². The second-order valence-electron chi connectivity index (χ2n) is 4.88. The van der Waals surface area contributed by atoms with E-state index in [1.807, 2.05) is 51.1 Å². The van der Waals surface area contributed by atoms with Gasteiger partial charge in [-0.15, -0.1) is 0 Å². The SMILES string of the molecule is CCOC(CC)(CC)C(=O)c1cnc2ccccc2c1. The fraction of sp³-hybridized carbons (Fsp3) is 0.412. The first-order chi connectivity index (χ1) is 9.66. The number of carbonyl (C=O) groups is 1. The minimum atomic E-state index is -0.723. The third kappa shape index (κ3) is 2.59. The fourth-order valence-corrected chi connectivity index (χ4v) is 2.58. The maximum absolute atomic E-state index is 12.8. The summed E-state index contributed by atoms with van der Waals surface area (Å²) in [7, 11) is 0. The summed E-state index contributed by atoms with van der Waals surface area (Å²) in [6.45, 7) is 6.44. The van der Waals surface area contributed by atoms with Gasteiger partial charge in [-0.25, -0.2) is 0 Å². The van der Waals surface area contributed by atoms with Gasteiger partial charge < -0.3 is 4.74 Å². The van der Waals surface area contributed by atoms with E-state index in [2.05, 4.69) is 4.98 Å². The molecule has 1 aromatic carbocycles. The van der Waals surface area contributed by atoms with Gasteiger partial charge in [0.2, 0.25) is 0 Å². The van der Waals surface area contributed by atoms with Crippen molar-refractivity contribution in [3.05, 3.63) is 42.1 Å². The van der Waals surface area contributed by atoms with Crippen LogP contribution in [0.25, 0.3) is 10.9 Å². The summed E-state index contributed by atoms with van der Waals surface area (Å²) in [5.41, 5.74) is 0.804. The molecule has 0 saturated carbocycles. The Hall–Kier alpha value is -1.74. The number of hydrogen-bond acceptors (Lipinski definition) is 3. The molecule has 3 heteroatoms. The first-order valence-electron chi connectivity index (χ1n) is 7.20. The number of hydrogen-bond donors (Lipinski definition) is 0. The van der Waals surface area contributed by atoms with E-state index < -0.39 is 5.60 Å². The lowest BCUT2D eigenvalue weighted by Crippen LogP contribution is -2.40. The number of Topliss-reactive ketones (excluding diaryl/α,β-unsaturated/α-hetero) is 1. The van der Waals surface area contributed by atoms with Gasteiger partial charge in [0.25, 0.3) is 0 Å². The second kappa shape index (κ2) is 6.14. The van der Waals surface area contributed by atoms with Crippen molar-refractivity contribution in [3.63, 3.8) is 0 Å². The normalized spacial score (nSPS) is 11.8. The van der Waals surface area contributed by atoms with Gasteiger partial charge in [-0.05, 0) is 31.9 Å². The minimum absolute atomic E-state index is 0.0302. The number of fused-ring (bicyclic) bond motifs is 1. The summed E-state index contributed by atoms with van der Waals surface area (Å²) in [4.78, 5) is 17.2. The van der Waals surface area contributed by atoms with Gasteiger partial charge in [0, 0.05) is 23.8 Å². The number of ether oxygens (including phenoxy) is 1. The molecule has 0 spiro atoms. The van der Waals surface area contributed by atoms with Crippen LogP contribution in [0.2, 0.25) is 0 Å². The number of benzene rings is 1. The first-order valence-corrected chi connectivity index (χ1v) is 7.20. The molecule has 0 aliphatic carbocycles. The van der Waals surface area contributed by atoms with E-state index in [9.17, 15) is 4.79 Å². The maximum Gasteiger partial charge on any atom is 0.196 e. The zero-order chi connectivity index (χ0) is 14.6. The second-order valence-corrected chi connectivity index (χ2v) is 4.88. The average Bonchev–Trinajstić information content (AvgIpc) is 2.51. The molecule has 0 saturated heterocycles. The van der Waals surface area contributed by atoms with Crippen molar-refractivity contribution in [3.8, 4) is 0 Å². The highest BCUT2D eigenvalue weighted by Crippen LogP contribution is 2.26. The molecule has 3 nitrogen and oxygen atoms in total. The van der Waals surface area contributed by atoms with Crippen molar-refractivity contribution in [2.24, 2.45) is 0 Å². The average molecular weight is 271 g/mol. The molecule has 0 N–H and O–H groups in total. The third-order valence-corrected chi connectivity index (χ3v) is 3.83. The summed E-state index contributed by atoms with van der Waals surface area (Å²) < 4.78 is 5.78. The Balaban J connectivity index is 2.43. The Morgan fingerprint density at radius 1 is 1.20 bits per heavy atom. The van der Waals surface area contributed by atoms with Crippen molar-refractivity contribution in [2.75, 3.05) is 6.61 Å². The zero-order valence-electron chi connectivity index (χ0n) is 12.3. The number of ketones is 1. The van der Waals surface area contributed by atoms with Gasteiger partial charge in [0.1, 0.15) is 5.60 Å². The smallest absolute Gasteiger partial charge is 0.196 e. The predicted molar refractivity (Wildman–Crippen MR) is 81.0 cm³/mol. The Bertz CT molecular complexity index is 603. The van der Waals surface area contributed by atoms with Crippen LogP contribution in [0.4, 0.5) is 0 Å². The number of rotatable bonds is 6. The number of nitrogens with zero attached hydrogens (tertiary/aromatic N) is 1. The molecule has 1 aromatic heterocycles. The first kappa shape index (κ1) is 14.7. The molecular formula is C17H21NO2. The van der Waals surface area contributed by atoms with Crippen molar-refractivity contribution in [2.45, 2.75) is 39.2 Å². The van der Waals surface area contributed by atoms with Crippen molar-refractivity contribution < 1.29 is 9.53 Å². The molecule has 0 fully saturated rings.